The van der Waals surface area contributed by atoms with Crippen LogP contribution in [0.4, 0.5) is 10.2 Å². The molecule has 0 radical (unpaired) electrons. The molecule has 138 valence electrons. The molecule has 0 aliphatic carbocycles. The van der Waals surface area contributed by atoms with Crippen molar-refractivity contribution in [3.8, 4) is 22.4 Å². The summed E-state index contributed by atoms with van der Waals surface area (Å²) in [6, 6.07) is 13.2. The largest absolute Gasteiger partial charge is 0.383 e. The van der Waals surface area contributed by atoms with Crippen LogP contribution in [-0.4, -0.2) is 20.9 Å². The maximum Gasteiger partial charge on any atom is 0.252 e. The number of pyridine rings is 1. The highest BCUT2D eigenvalue weighted by atomic mass is 19.1. The average molecular weight is 373 g/mol. The lowest BCUT2D eigenvalue weighted by molar-refractivity contribution is 0.100. The van der Waals surface area contributed by atoms with Gasteiger partial charge in [-0.05, 0) is 55.0 Å². The van der Waals surface area contributed by atoms with Gasteiger partial charge in [0.25, 0.3) is 5.91 Å². The third-order valence-corrected chi connectivity index (χ3v) is 4.58. The summed E-state index contributed by atoms with van der Waals surface area (Å²) < 4.78 is 13.4. The van der Waals surface area contributed by atoms with Crippen molar-refractivity contribution in [3.05, 3.63) is 71.9 Å². The Labute approximate surface area is 160 Å². The number of nitrogens with two attached hydrogens (primary N) is 2. The molecular weight excluding hydrogens is 357 g/mol. The third kappa shape index (κ3) is 3.03. The summed E-state index contributed by atoms with van der Waals surface area (Å²) >= 11 is 0. The van der Waals surface area contributed by atoms with E-state index in [1.54, 1.807) is 18.2 Å². The number of nitrogen functional groups attached to an aromatic ring is 1. The molecule has 6 nitrogen and oxygen atoms in total. The van der Waals surface area contributed by atoms with Crippen molar-refractivity contribution in [2.45, 2.75) is 6.92 Å². The maximum absolute atomic E-state index is 13.4. The second-order valence-corrected chi connectivity index (χ2v) is 6.38. The van der Waals surface area contributed by atoms with Gasteiger partial charge in [0.1, 0.15) is 18.0 Å². The smallest absolute Gasteiger partial charge is 0.252 e. The standard InChI is InChI=1S/C21H16FN5O/c1-11-15-8-13(4-7-18(15)26-10-25-11)16-9-17(21(24)28)20(23)27-19(16)12-2-5-14(22)6-3-12/h2-10H,1H3,(H2,23,27)(H2,24,28). The molecule has 0 fully saturated rings. The number of nitrogens with zero attached hydrogens (tertiary/aromatic N) is 3. The van der Waals surface area contributed by atoms with Gasteiger partial charge in [0.2, 0.25) is 0 Å². The quantitative estimate of drug-likeness (QED) is 0.571. The fraction of sp³-hybridized carbons (Fsp3) is 0.0476. The number of aromatic nitrogens is 3. The topological polar surface area (TPSA) is 108 Å². The molecule has 4 rings (SSSR count). The Morgan fingerprint density at radius 1 is 1.00 bits per heavy atom. The Morgan fingerprint density at radius 3 is 2.43 bits per heavy atom. The van der Waals surface area contributed by atoms with Crippen molar-refractivity contribution < 1.29 is 9.18 Å². The van der Waals surface area contributed by atoms with E-state index in [9.17, 15) is 9.18 Å². The molecule has 0 atom stereocenters. The number of benzene rings is 2. The number of anilines is 1. The molecule has 0 unspecified atom stereocenters. The van der Waals surface area contributed by atoms with Crippen molar-refractivity contribution in [2.24, 2.45) is 5.73 Å². The van der Waals surface area contributed by atoms with Gasteiger partial charge in [-0.2, -0.15) is 0 Å². The van der Waals surface area contributed by atoms with E-state index in [0.717, 1.165) is 22.2 Å². The average Bonchev–Trinajstić information content (AvgIpc) is 2.68. The molecule has 2 heterocycles. The predicted octanol–water partition coefficient (Wildman–Crippen LogP) is 3.49. The highest BCUT2D eigenvalue weighted by molar-refractivity contribution is 6.00. The van der Waals surface area contributed by atoms with Crippen LogP contribution < -0.4 is 11.5 Å². The molecule has 0 spiro atoms. The lowest BCUT2D eigenvalue weighted by atomic mass is 9.96. The van der Waals surface area contributed by atoms with Gasteiger partial charge < -0.3 is 11.5 Å². The predicted molar refractivity (Wildman–Crippen MR) is 106 cm³/mol. The number of carbonyl (C=O) groups is 1. The van der Waals surface area contributed by atoms with Crippen molar-refractivity contribution in [3.63, 3.8) is 0 Å². The SMILES string of the molecule is Cc1ncnc2ccc(-c3cc(C(N)=O)c(N)nc3-c3ccc(F)cc3)cc12. The van der Waals surface area contributed by atoms with Crippen LogP contribution in [0.3, 0.4) is 0 Å². The molecule has 0 bridgehead atoms. The minimum absolute atomic E-state index is 0.0240. The minimum atomic E-state index is -0.669. The van der Waals surface area contributed by atoms with E-state index in [-0.39, 0.29) is 17.2 Å². The summed E-state index contributed by atoms with van der Waals surface area (Å²) in [5, 5.41) is 0.877. The number of carbonyl (C=O) groups excluding carboxylic acids is 1. The number of aryl methyl sites for hydroxylation is 1. The number of amides is 1. The molecule has 1 amide bonds. The van der Waals surface area contributed by atoms with E-state index < -0.39 is 5.91 Å². The van der Waals surface area contributed by atoms with Gasteiger partial charge in [0, 0.05) is 22.2 Å². The summed E-state index contributed by atoms with van der Waals surface area (Å²) in [6.07, 6.45) is 1.51. The van der Waals surface area contributed by atoms with Gasteiger partial charge in [-0.15, -0.1) is 0 Å². The second kappa shape index (κ2) is 6.70. The number of hydrogen-bond acceptors (Lipinski definition) is 5. The van der Waals surface area contributed by atoms with Crippen LogP contribution in [0.25, 0.3) is 33.3 Å². The molecule has 0 aliphatic heterocycles. The Hall–Kier alpha value is -3.87. The molecule has 7 heteroatoms. The van der Waals surface area contributed by atoms with Gasteiger partial charge >= 0.3 is 0 Å². The monoisotopic (exact) mass is 373 g/mol. The van der Waals surface area contributed by atoms with E-state index in [0.29, 0.717) is 16.8 Å². The Bertz CT molecular complexity index is 1220. The maximum atomic E-state index is 13.4. The van der Waals surface area contributed by atoms with E-state index >= 15 is 0 Å². The minimum Gasteiger partial charge on any atom is -0.383 e. The van der Waals surface area contributed by atoms with Crippen LogP contribution in [0.2, 0.25) is 0 Å². The molecule has 4 aromatic rings. The van der Waals surface area contributed by atoms with Gasteiger partial charge in [-0.3, -0.25) is 4.79 Å². The fourth-order valence-corrected chi connectivity index (χ4v) is 3.13. The Morgan fingerprint density at radius 2 is 1.71 bits per heavy atom. The first-order valence-electron chi connectivity index (χ1n) is 8.52. The van der Waals surface area contributed by atoms with Crippen LogP contribution in [0.1, 0.15) is 16.1 Å². The normalized spacial score (nSPS) is 10.9. The van der Waals surface area contributed by atoms with Crippen LogP contribution in [0, 0.1) is 12.7 Å². The van der Waals surface area contributed by atoms with Gasteiger partial charge in [-0.25, -0.2) is 19.3 Å². The van der Waals surface area contributed by atoms with E-state index in [1.165, 1.54) is 18.5 Å². The van der Waals surface area contributed by atoms with Crippen molar-refractivity contribution in [1.82, 2.24) is 15.0 Å². The Balaban J connectivity index is 2.01. The van der Waals surface area contributed by atoms with Crippen LogP contribution in [0.15, 0.2) is 54.9 Å². The zero-order valence-electron chi connectivity index (χ0n) is 15.0. The van der Waals surface area contributed by atoms with E-state index in [4.69, 9.17) is 11.5 Å². The first kappa shape index (κ1) is 17.5. The third-order valence-electron chi connectivity index (χ3n) is 4.58. The number of primary amides is 1. The molecule has 28 heavy (non-hydrogen) atoms. The highest BCUT2D eigenvalue weighted by Gasteiger charge is 2.17. The summed E-state index contributed by atoms with van der Waals surface area (Å²) in [5.41, 5.74) is 15.8. The summed E-state index contributed by atoms with van der Waals surface area (Å²) in [6.45, 7) is 1.89. The molecule has 2 aromatic heterocycles. The zero-order valence-corrected chi connectivity index (χ0v) is 15.0. The Kier molecular flexibility index (Phi) is 4.19. The molecule has 0 saturated heterocycles. The summed E-state index contributed by atoms with van der Waals surface area (Å²) in [7, 11) is 0. The van der Waals surface area contributed by atoms with Crippen LogP contribution >= 0.6 is 0 Å². The van der Waals surface area contributed by atoms with Crippen LogP contribution in [-0.2, 0) is 0 Å². The number of hydrogen-bond donors (Lipinski definition) is 2. The van der Waals surface area contributed by atoms with Crippen molar-refractivity contribution in [2.75, 3.05) is 5.73 Å². The molecule has 4 N–H and O–H groups in total. The first-order chi connectivity index (χ1) is 13.4. The second-order valence-electron chi connectivity index (χ2n) is 6.38. The molecule has 0 aliphatic rings. The van der Waals surface area contributed by atoms with Gasteiger partial charge in [0.15, 0.2) is 0 Å². The molecule has 0 saturated carbocycles. The zero-order chi connectivity index (χ0) is 19.8. The van der Waals surface area contributed by atoms with Gasteiger partial charge in [-0.1, -0.05) is 6.07 Å². The number of halogens is 1. The first-order valence-corrected chi connectivity index (χ1v) is 8.52. The van der Waals surface area contributed by atoms with Gasteiger partial charge in [0.05, 0.1) is 16.8 Å². The summed E-state index contributed by atoms with van der Waals surface area (Å²) in [5.74, 6) is -1.00. The lowest BCUT2D eigenvalue weighted by Gasteiger charge is -2.14. The van der Waals surface area contributed by atoms with E-state index in [1.807, 2.05) is 25.1 Å². The highest BCUT2D eigenvalue weighted by Crippen LogP contribution is 2.34. The summed E-state index contributed by atoms with van der Waals surface area (Å²) in [4.78, 5) is 24.7. The number of fused-ring (bicyclic) bond motifs is 1. The lowest BCUT2D eigenvalue weighted by Crippen LogP contribution is -2.15. The fourth-order valence-electron chi connectivity index (χ4n) is 3.13. The van der Waals surface area contributed by atoms with Crippen molar-refractivity contribution in [1.29, 1.82) is 0 Å². The molecule has 2 aromatic carbocycles. The molecular formula is C21H16FN5O. The van der Waals surface area contributed by atoms with Crippen LogP contribution in [0.5, 0.6) is 0 Å². The van der Waals surface area contributed by atoms with E-state index in [2.05, 4.69) is 15.0 Å². The number of rotatable bonds is 3. The van der Waals surface area contributed by atoms with Crippen molar-refractivity contribution >= 4 is 22.6 Å².